The van der Waals surface area contributed by atoms with Crippen LogP contribution in [0.15, 0.2) is 37.2 Å². The van der Waals surface area contributed by atoms with Gasteiger partial charge in [-0.2, -0.15) is 5.10 Å². The largest absolute Gasteiger partial charge is 0.493 e. The predicted octanol–water partition coefficient (Wildman–Crippen LogP) is 1.90. The standard InChI is InChI=1S/C24H29N7O4/c1-5-19(32)29(2)13-20(33)30-10-8-16(9-11-30)31-24-21(23(25)26-14-27-24)22(28-31)15-6-7-17(34-3)18(12-15)35-4/h5-7,12,14,16H,1,8-11,13H2,2-4H3,(H2,25,26,27). The first kappa shape index (κ1) is 24.0. The van der Waals surface area contributed by atoms with E-state index < -0.39 is 0 Å². The first-order chi connectivity index (χ1) is 16.9. The average Bonchev–Trinajstić information content (AvgIpc) is 3.28. The summed E-state index contributed by atoms with van der Waals surface area (Å²) in [5.74, 6) is 1.16. The normalized spacial score (nSPS) is 14.1. The van der Waals surface area contributed by atoms with Crippen LogP contribution >= 0.6 is 0 Å². The van der Waals surface area contributed by atoms with Crippen molar-refractivity contribution in [1.29, 1.82) is 0 Å². The van der Waals surface area contributed by atoms with Gasteiger partial charge in [-0.3, -0.25) is 9.59 Å². The van der Waals surface area contributed by atoms with Crippen LogP contribution in [0.5, 0.6) is 11.5 Å². The fourth-order valence-electron chi connectivity index (χ4n) is 4.33. The first-order valence-corrected chi connectivity index (χ1v) is 11.2. The number of likely N-dealkylation sites (tertiary alicyclic amines) is 1. The third kappa shape index (κ3) is 4.61. The molecule has 3 aromatic rings. The lowest BCUT2D eigenvalue weighted by atomic mass is 10.0. The summed E-state index contributed by atoms with van der Waals surface area (Å²) in [6, 6.07) is 5.58. The summed E-state index contributed by atoms with van der Waals surface area (Å²) in [4.78, 5) is 36.1. The molecule has 11 heteroatoms. The molecule has 0 bridgehead atoms. The van der Waals surface area contributed by atoms with Crippen molar-refractivity contribution < 1.29 is 19.1 Å². The van der Waals surface area contributed by atoms with Gasteiger partial charge in [-0.25, -0.2) is 14.6 Å². The van der Waals surface area contributed by atoms with E-state index in [1.165, 1.54) is 17.3 Å². The molecule has 1 fully saturated rings. The Morgan fingerprint density at radius 2 is 1.91 bits per heavy atom. The number of likely N-dealkylation sites (N-methyl/N-ethyl adjacent to an activating group) is 1. The average molecular weight is 480 g/mol. The molecule has 0 aliphatic carbocycles. The zero-order valence-corrected chi connectivity index (χ0v) is 20.1. The summed E-state index contributed by atoms with van der Waals surface area (Å²) < 4.78 is 12.7. The summed E-state index contributed by atoms with van der Waals surface area (Å²) >= 11 is 0. The van der Waals surface area contributed by atoms with Crippen LogP contribution in [0.4, 0.5) is 5.82 Å². The van der Waals surface area contributed by atoms with Crippen LogP contribution in [0.3, 0.4) is 0 Å². The molecule has 3 heterocycles. The smallest absolute Gasteiger partial charge is 0.246 e. The molecule has 0 unspecified atom stereocenters. The van der Waals surface area contributed by atoms with Crippen molar-refractivity contribution in [2.45, 2.75) is 18.9 Å². The summed E-state index contributed by atoms with van der Waals surface area (Å²) in [7, 11) is 4.75. The number of piperidine rings is 1. The Hall–Kier alpha value is -4.15. The summed E-state index contributed by atoms with van der Waals surface area (Å²) in [5, 5.41) is 5.57. The Labute approximate surface area is 203 Å². The first-order valence-electron chi connectivity index (χ1n) is 11.2. The lowest BCUT2D eigenvalue weighted by Crippen LogP contribution is -2.44. The van der Waals surface area contributed by atoms with E-state index in [1.54, 1.807) is 26.2 Å². The van der Waals surface area contributed by atoms with Gasteiger partial charge in [0, 0.05) is 25.7 Å². The molecule has 1 aliphatic rings. The maximum absolute atomic E-state index is 12.6. The second-order valence-corrected chi connectivity index (χ2v) is 8.33. The van der Waals surface area contributed by atoms with Crippen molar-refractivity contribution in [2.75, 3.05) is 46.6 Å². The minimum absolute atomic E-state index is 0.0213. The number of methoxy groups -OCH3 is 2. The van der Waals surface area contributed by atoms with Crippen molar-refractivity contribution in [3.05, 3.63) is 37.2 Å². The van der Waals surface area contributed by atoms with Crippen molar-refractivity contribution in [2.24, 2.45) is 0 Å². The van der Waals surface area contributed by atoms with Gasteiger partial charge in [0.25, 0.3) is 0 Å². The highest BCUT2D eigenvalue weighted by atomic mass is 16.5. The topological polar surface area (TPSA) is 129 Å². The number of rotatable bonds is 7. The molecular formula is C24H29N7O4. The van der Waals surface area contributed by atoms with Crippen molar-refractivity contribution in [3.8, 4) is 22.8 Å². The van der Waals surface area contributed by atoms with Crippen LogP contribution in [-0.4, -0.2) is 82.3 Å². The monoisotopic (exact) mass is 479 g/mol. The Morgan fingerprint density at radius 3 is 2.57 bits per heavy atom. The maximum Gasteiger partial charge on any atom is 0.246 e. The Kier molecular flexibility index (Phi) is 6.85. The van der Waals surface area contributed by atoms with E-state index in [1.807, 2.05) is 22.9 Å². The molecule has 0 saturated carbocycles. The van der Waals surface area contributed by atoms with E-state index in [2.05, 4.69) is 16.5 Å². The minimum atomic E-state index is -0.281. The number of benzene rings is 1. The van der Waals surface area contributed by atoms with Gasteiger partial charge in [-0.05, 0) is 37.1 Å². The Bertz CT molecular complexity index is 1260. The molecule has 0 radical (unpaired) electrons. The number of carbonyl (C=O) groups excluding carboxylic acids is 2. The molecule has 184 valence electrons. The SMILES string of the molecule is C=CC(=O)N(C)CC(=O)N1CCC(n2nc(-c3ccc(OC)c(OC)c3)c3c(N)ncnc32)CC1. The number of anilines is 1. The van der Waals surface area contributed by atoms with Gasteiger partial charge in [0.1, 0.15) is 17.8 Å². The van der Waals surface area contributed by atoms with E-state index in [-0.39, 0.29) is 24.4 Å². The molecular weight excluding hydrogens is 450 g/mol. The van der Waals surface area contributed by atoms with Crippen LogP contribution in [-0.2, 0) is 9.59 Å². The molecule has 2 amide bonds. The molecule has 35 heavy (non-hydrogen) atoms. The van der Waals surface area contributed by atoms with Gasteiger partial charge in [0.15, 0.2) is 17.1 Å². The molecule has 1 saturated heterocycles. The van der Waals surface area contributed by atoms with Gasteiger partial charge in [-0.15, -0.1) is 0 Å². The summed E-state index contributed by atoms with van der Waals surface area (Å²) in [6.45, 7) is 4.58. The molecule has 2 N–H and O–H groups in total. The Balaban J connectivity index is 1.60. The number of nitrogens with zero attached hydrogens (tertiary/aromatic N) is 6. The number of nitrogen functional groups attached to an aromatic ring is 1. The fourth-order valence-corrected chi connectivity index (χ4v) is 4.33. The lowest BCUT2D eigenvalue weighted by molar-refractivity contribution is -0.138. The van der Waals surface area contributed by atoms with Crippen LogP contribution in [0, 0.1) is 0 Å². The lowest BCUT2D eigenvalue weighted by Gasteiger charge is -2.33. The van der Waals surface area contributed by atoms with Crippen LogP contribution in [0.1, 0.15) is 18.9 Å². The summed E-state index contributed by atoms with van der Waals surface area (Å²) in [5.41, 5.74) is 8.35. The highest BCUT2D eigenvalue weighted by Gasteiger charge is 2.28. The van der Waals surface area contributed by atoms with E-state index in [0.717, 1.165) is 5.56 Å². The van der Waals surface area contributed by atoms with Crippen LogP contribution < -0.4 is 15.2 Å². The van der Waals surface area contributed by atoms with E-state index in [9.17, 15) is 9.59 Å². The quantitative estimate of drug-likeness (QED) is 0.509. The molecule has 2 aromatic heterocycles. The van der Waals surface area contributed by atoms with Crippen LogP contribution in [0.25, 0.3) is 22.3 Å². The number of carbonyl (C=O) groups is 2. The number of nitrogens with two attached hydrogens (primary N) is 1. The second kappa shape index (κ2) is 10.00. The predicted molar refractivity (Wildman–Crippen MR) is 131 cm³/mol. The van der Waals surface area contributed by atoms with E-state index in [0.29, 0.717) is 60.0 Å². The molecule has 1 aromatic carbocycles. The maximum atomic E-state index is 12.6. The number of hydrogen-bond donors (Lipinski definition) is 1. The fraction of sp³-hybridized carbons (Fsp3) is 0.375. The van der Waals surface area contributed by atoms with Crippen molar-refractivity contribution in [3.63, 3.8) is 0 Å². The molecule has 11 nitrogen and oxygen atoms in total. The highest BCUT2D eigenvalue weighted by molar-refractivity contribution is 5.98. The zero-order valence-electron chi connectivity index (χ0n) is 20.1. The highest BCUT2D eigenvalue weighted by Crippen LogP contribution is 2.37. The second-order valence-electron chi connectivity index (χ2n) is 8.33. The number of hydrogen-bond acceptors (Lipinski definition) is 8. The van der Waals surface area contributed by atoms with Gasteiger partial charge < -0.3 is 25.0 Å². The van der Waals surface area contributed by atoms with Crippen LogP contribution in [0.2, 0.25) is 0 Å². The molecule has 0 atom stereocenters. The zero-order chi connectivity index (χ0) is 25.1. The van der Waals surface area contributed by atoms with Gasteiger partial charge in [-0.1, -0.05) is 6.58 Å². The Morgan fingerprint density at radius 1 is 1.20 bits per heavy atom. The molecule has 0 spiro atoms. The third-order valence-electron chi connectivity index (χ3n) is 6.26. The molecule has 1 aliphatic heterocycles. The number of ether oxygens (including phenoxy) is 2. The number of fused-ring (bicyclic) bond motifs is 1. The van der Waals surface area contributed by atoms with Crippen molar-refractivity contribution in [1.82, 2.24) is 29.5 Å². The van der Waals surface area contributed by atoms with Gasteiger partial charge in [0.05, 0.1) is 32.2 Å². The summed E-state index contributed by atoms with van der Waals surface area (Å²) in [6.07, 6.45) is 4.01. The van der Waals surface area contributed by atoms with Gasteiger partial charge in [0.2, 0.25) is 11.8 Å². The number of aromatic nitrogens is 4. The van der Waals surface area contributed by atoms with E-state index in [4.69, 9.17) is 20.3 Å². The number of amides is 2. The van der Waals surface area contributed by atoms with E-state index >= 15 is 0 Å². The van der Waals surface area contributed by atoms with Gasteiger partial charge >= 0.3 is 0 Å². The third-order valence-corrected chi connectivity index (χ3v) is 6.26. The van der Waals surface area contributed by atoms with Crippen molar-refractivity contribution >= 4 is 28.7 Å². The minimum Gasteiger partial charge on any atom is -0.493 e. The molecule has 4 rings (SSSR count).